The van der Waals surface area contributed by atoms with Crippen LogP contribution in [-0.2, 0) is 0 Å². The summed E-state index contributed by atoms with van der Waals surface area (Å²) < 4.78 is 124. The van der Waals surface area contributed by atoms with Crippen LogP contribution in [0.2, 0.25) is 0 Å². The molecule has 0 radical (unpaired) electrons. The largest absolute Gasteiger partial charge is 0.455 e. The molecule has 9 aromatic carbocycles. The minimum atomic E-state index is -0.705. The molecule has 0 spiro atoms. The lowest BCUT2D eigenvalue weighted by Crippen LogP contribution is -2.00. The van der Waals surface area contributed by atoms with E-state index in [1.165, 1.54) is 12.1 Å². The van der Waals surface area contributed by atoms with E-state index in [9.17, 15) is 6.85 Å². The molecule has 4 nitrogen and oxygen atoms in total. The van der Waals surface area contributed by atoms with Gasteiger partial charge in [0, 0.05) is 53.2 Å². The molecule has 0 atom stereocenters. The Morgan fingerprint density at radius 1 is 0.414 bits per heavy atom. The first kappa shape index (κ1) is 22.3. The van der Waals surface area contributed by atoms with Gasteiger partial charge in [-0.3, -0.25) is 0 Å². The Balaban J connectivity index is 1.15. The van der Waals surface area contributed by atoms with Gasteiger partial charge in [-0.05, 0) is 62.5 Å². The fourth-order valence-corrected chi connectivity index (χ4v) is 8.92. The fourth-order valence-electron chi connectivity index (χ4n) is 7.76. The third kappa shape index (κ3) is 5.25. The number of para-hydroxylation sites is 1. The summed E-state index contributed by atoms with van der Waals surface area (Å²) in [4.78, 5) is 14.5. The zero-order valence-corrected chi connectivity index (χ0v) is 30.9. The Morgan fingerprint density at radius 3 is 1.97 bits per heavy atom. The summed E-state index contributed by atoms with van der Waals surface area (Å²) in [5.74, 6) is -0.377. The predicted octanol–water partition coefficient (Wildman–Crippen LogP) is 14.8. The molecule has 58 heavy (non-hydrogen) atoms. The molecule has 0 N–H and O–H groups in total. The first-order chi connectivity index (χ1) is 34.1. The molecule has 0 fully saturated rings. The molecule has 0 aliphatic rings. The number of benzene rings is 9. The highest BCUT2D eigenvalue weighted by molar-refractivity contribution is 7.26. The van der Waals surface area contributed by atoms with E-state index in [1.54, 1.807) is 17.4 Å². The SMILES string of the molecule is [2H]c1cc2c(oc3c([2H])c([2H])cc(-c4nc(-c5ccc6ccccc6c5)nc(-c5c([2H])c([2H])c(-c6c([2H])c([2H])c([2H])c([2H])c6[2H])c([2H])c5[2H])n4)c32)c(-c2cc3sc4ccccc4c3c3ccccc23)c1[2H]. The molecular formula is C53H31N3OS. The van der Waals surface area contributed by atoms with Crippen LogP contribution in [0.15, 0.2) is 192 Å². The van der Waals surface area contributed by atoms with Gasteiger partial charge in [-0.2, -0.15) is 0 Å². The number of fused-ring (bicyclic) bond motifs is 9. The molecule has 0 unspecified atom stereocenters. The van der Waals surface area contributed by atoms with Crippen LogP contribution in [0.25, 0.3) is 120 Å². The van der Waals surface area contributed by atoms with Gasteiger partial charge in [-0.15, -0.1) is 11.3 Å². The second-order valence-electron chi connectivity index (χ2n) is 13.7. The van der Waals surface area contributed by atoms with Crippen LogP contribution < -0.4 is 0 Å². The number of rotatable bonds is 5. The highest BCUT2D eigenvalue weighted by Gasteiger charge is 2.21. The minimum Gasteiger partial charge on any atom is -0.455 e. The van der Waals surface area contributed by atoms with Gasteiger partial charge in [0.2, 0.25) is 0 Å². The predicted molar refractivity (Wildman–Crippen MR) is 242 cm³/mol. The number of thiophene rings is 1. The van der Waals surface area contributed by atoms with Gasteiger partial charge in [-0.25, -0.2) is 15.0 Å². The third-order valence-corrected chi connectivity index (χ3v) is 11.5. The van der Waals surface area contributed by atoms with Gasteiger partial charge in [0.15, 0.2) is 17.5 Å². The van der Waals surface area contributed by atoms with Crippen LogP contribution in [0, 0.1) is 0 Å². The average molecular weight is 771 g/mol. The first-order valence-corrected chi connectivity index (χ1v) is 19.2. The van der Waals surface area contributed by atoms with E-state index in [2.05, 4.69) is 12.1 Å². The number of hydrogen-bond acceptors (Lipinski definition) is 5. The third-order valence-electron chi connectivity index (χ3n) is 10.4. The summed E-state index contributed by atoms with van der Waals surface area (Å²) in [6, 6.07) is 26.9. The Labute approximate surface area is 355 Å². The Morgan fingerprint density at radius 2 is 1.10 bits per heavy atom. The van der Waals surface area contributed by atoms with Crippen LogP contribution in [0.3, 0.4) is 0 Å². The van der Waals surface area contributed by atoms with Crippen LogP contribution in [-0.4, -0.2) is 15.0 Å². The van der Waals surface area contributed by atoms with Crippen LogP contribution in [0.5, 0.6) is 0 Å². The molecule has 12 rings (SSSR count). The quantitative estimate of drug-likeness (QED) is 0.175. The van der Waals surface area contributed by atoms with Gasteiger partial charge in [0.1, 0.15) is 11.2 Å². The monoisotopic (exact) mass is 770 g/mol. The standard InChI is InChI=1S/C53H31N3OS/c1-2-12-32(13-3-1)34-24-27-35(28-25-34)51-54-52(37-29-26-33-14-4-5-15-36(33)30-37)56-53(55-51)43-21-11-22-45-48(43)42-20-10-19-40(50(42)57-45)44-31-47-49(39-17-7-6-16-38(39)44)41-18-8-9-23-46(41)58-47/h1-31H/i1D,2D,3D,10D,11D,12D,13D,19D,22D,24D,25D,27D,28D. The molecule has 3 heterocycles. The Hall–Kier alpha value is -7.47. The second kappa shape index (κ2) is 13.1. The summed E-state index contributed by atoms with van der Waals surface area (Å²) in [6.45, 7) is 0. The molecule has 270 valence electrons. The summed E-state index contributed by atoms with van der Waals surface area (Å²) in [5, 5.41) is 6.25. The highest BCUT2D eigenvalue weighted by atomic mass is 32.1. The lowest BCUT2D eigenvalue weighted by atomic mass is 9.93. The lowest BCUT2D eigenvalue weighted by Gasteiger charge is -2.11. The molecule has 0 saturated carbocycles. The van der Waals surface area contributed by atoms with Gasteiger partial charge >= 0.3 is 0 Å². The zero-order chi connectivity index (χ0) is 49.5. The van der Waals surface area contributed by atoms with E-state index in [1.807, 2.05) is 78.9 Å². The van der Waals surface area contributed by atoms with Crippen molar-refractivity contribution in [2.45, 2.75) is 0 Å². The summed E-state index contributed by atoms with van der Waals surface area (Å²) in [7, 11) is 0. The van der Waals surface area contributed by atoms with Gasteiger partial charge in [0.25, 0.3) is 0 Å². The van der Waals surface area contributed by atoms with Crippen molar-refractivity contribution >= 4 is 75.0 Å². The van der Waals surface area contributed by atoms with Crippen molar-refractivity contribution in [2.24, 2.45) is 0 Å². The summed E-state index contributed by atoms with van der Waals surface area (Å²) in [5.41, 5.74) is 0.360. The summed E-state index contributed by atoms with van der Waals surface area (Å²) >= 11 is 1.61. The molecule has 0 amide bonds. The number of furan rings is 1. The normalized spacial score (nSPS) is 14.9. The van der Waals surface area contributed by atoms with Crippen LogP contribution in [0.4, 0.5) is 0 Å². The van der Waals surface area contributed by atoms with E-state index in [0.29, 0.717) is 22.1 Å². The van der Waals surface area contributed by atoms with Crippen LogP contribution in [0.1, 0.15) is 17.8 Å². The Bertz CT molecular complexity index is 4300. The lowest BCUT2D eigenvalue weighted by molar-refractivity contribution is 0.670. The van der Waals surface area contributed by atoms with E-state index >= 15 is 0 Å². The summed E-state index contributed by atoms with van der Waals surface area (Å²) in [6.07, 6.45) is 0. The van der Waals surface area contributed by atoms with E-state index in [-0.39, 0.29) is 69.3 Å². The molecule has 12 aromatic rings. The van der Waals surface area contributed by atoms with E-state index in [0.717, 1.165) is 41.7 Å². The number of hydrogen-bond donors (Lipinski definition) is 0. The second-order valence-corrected chi connectivity index (χ2v) is 14.8. The maximum Gasteiger partial charge on any atom is 0.164 e. The molecule has 0 aliphatic heterocycles. The van der Waals surface area contributed by atoms with Crippen LogP contribution >= 0.6 is 11.3 Å². The van der Waals surface area contributed by atoms with Crippen molar-refractivity contribution in [1.82, 2.24) is 15.0 Å². The fraction of sp³-hybridized carbons (Fsp3) is 0. The van der Waals surface area contributed by atoms with Crippen molar-refractivity contribution in [2.75, 3.05) is 0 Å². The van der Waals surface area contributed by atoms with Crippen molar-refractivity contribution in [3.05, 3.63) is 188 Å². The highest BCUT2D eigenvalue weighted by Crippen LogP contribution is 2.46. The minimum absolute atomic E-state index is 0.0394. The molecule has 5 heteroatoms. The van der Waals surface area contributed by atoms with Crippen molar-refractivity contribution < 1.29 is 22.2 Å². The van der Waals surface area contributed by atoms with Gasteiger partial charge in [-0.1, -0.05) is 164 Å². The van der Waals surface area contributed by atoms with Gasteiger partial charge < -0.3 is 4.42 Å². The molecule has 0 saturated heterocycles. The topological polar surface area (TPSA) is 51.8 Å². The molecular weight excluding hydrogens is 727 g/mol. The molecule has 0 bridgehead atoms. The number of nitrogens with zero attached hydrogens (tertiary/aromatic N) is 3. The van der Waals surface area contributed by atoms with Gasteiger partial charge in [0.05, 0.1) is 17.8 Å². The Kier molecular flexibility index (Phi) is 5.02. The van der Waals surface area contributed by atoms with Crippen molar-refractivity contribution in [3.63, 3.8) is 0 Å². The first-order valence-electron chi connectivity index (χ1n) is 24.9. The maximum atomic E-state index is 9.42. The average Bonchev–Trinajstić information content (AvgIpc) is 3.95. The van der Waals surface area contributed by atoms with E-state index < -0.39 is 65.5 Å². The number of aromatic nitrogens is 3. The smallest absolute Gasteiger partial charge is 0.164 e. The van der Waals surface area contributed by atoms with Crippen molar-refractivity contribution in [1.29, 1.82) is 0 Å². The maximum absolute atomic E-state index is 9.42. The van der Waals surface area contributed by atoms with Crippen molar-refractivity contribution in [3.8, 4) is 56.4 Å². The zero-order valence-electron chi connectivity index (χ0n) is 43.1. The van der Waals surface area contributed by atoms with E-state index in [4.69, 9.17) is 30.3 Å². The molecule has 0 aliphatic carbocycles. The molecule has 3 aromatic heterocycles.